The number of nitrogens with zero attached hydrogens (tertiary/aromatic N) is 2. The maximum absolute atomic E-state index is 15.3. The number of morpholine rings is 1. The first-order valence-electron chi connectivity index (χ1n) is 18.1. The van der Waals surface area contributed by atoms with E-state index >= 15 is 4.39 Å². The third-order valence-electron chi connectivity index (χ3n) is 11.2. The molecule has 9 heteroatoms. The van der Waals surface area contributed by atoms with Gasteiger partial charge >= 0.3 is 0 Å². The minimum absolute atomic E-state index is 0.121. The van der Waals surface area contributed by atoms with E-state index in [0.717, 1.165) is 111 Å². The van der Waals surface area contributed by atoms with Gasteiger partial charge < -0.3 is 24.7 Å². The van der Waals surface area contributed by atoms with Crippen LogP contribution in [0.5, 0.6) is 0 Å². The Labute approximate surface area is 288 Å². The van der Waals surface area contributed by atoms with Crippen LogP contribution in [0.15, 0.2) is 35.1 Å². The van der Waals surface area contributed by atoms with Crippen molar-refractivity contribution in [2.24, 2.45) is 0 Å². The summed E-state index contributed by atoms with van der Waals surface area (Å²) < 4.78 is 26.7. The molecule has 2 N–H and O–H groups in total. The minimum Gasteiger partial charge on any atom is -0.381 e. The number of fused-ring (bicyclic) bond motifs is 3. The van der Waals surface area contributed by atoms with Gasteiger partial charge in [0.1, 0.15) is 5.82 Å². The number of hydrogen-bond donors (Lipinski definition) is 2. The van der Waals surface area contributed by atoms with Crippen LogP contribution >= 0.6 is 0 Å². The zero-order chi connectivity index (χ0) is 34.1. The number of aryl methyl sites for hydroxylation is 1. The van der Waals surface area contributed by atoms with Crippen LogP contribution in [0.2, 0.25) is 0 Å². The molecule has 1 aromatic heterocycles. The van der Waals surface area contributed by atoms with E-state index in [1.165, 1.54) is 5.56 Å². The summed E-state index contributed by atoms with van der Waals surface area (Å²) in [5.74, 6) is -0.426. The Morgan fingerprint density at radius 3 is 2.61 bits per heavy atom. The summed E-state index contributed by atoms with van der Waals surface area (Å²) in [5, 5.41) is 3.08. The zero-order valence-corrected chi connectivity index (χ0v) is 29.1. The highest BCUT2D eigenvalue weighted by atomic mass is 19.1. The van der Waals surface area contributed by atoms with Gasteiger partial charge in [-0.05, 0) is 112 Å². The Balaban J connectivity index is 1.15. The number of benzene rings is 2. The van der Waals surface area contributed by atoms with Crippen molar-refractivity contribution in [2.45, 2.75) is 97.0 Å². The smallest absolute Gasteiger partial charge is 0.253 e. The normalized spacial score (nSPS) is 21.0. The summed E-state index contributed by atoms with van der Waals surface area (Å²) in [7, 11) is 0. The third kappa shape index (κ3) is 7.12. The van der Waals surface area contributed by atoms with Crippen LogP contribution in [0.4, 0.5) is 10.1 Å². The van der Waals surface area contributed by atoms with Crippen molar-refractivity contribution in [3.05, 3.63) is 96.7 Å². The highest BCUT2D eigenvalue weighted by Gasteiger charge is 2.39. The van der Waals surface area contributed by atoms with Crippen molar-refractivity contribution in [1.82, 2.24) is 15.2 Å². The van der Waals surface area contributed by atoms with Gasteiger partial charge in [-0.1, -0.05) is 24.3 Å². The number of halogens is 1. The first-order chi connectivity index (χ1) is 23.8. The van der Waals surface area contributed by atoms with Gasteiger partial charge in [0.2, 0.25) is 0 Å². The van der Waals surface area contributed by atoms with E-state index in [1.54, 1.807) is 6.07 Å². The Morgan fingerprint density at radius 1 is 1.08 bits per heavy atom. The number of H-pyrrole nitrogens is 1. The van der Waals surface area contributed by atoms with Crippen molar-refractivity contribution in [3.8, 4) is 0 Å². The number of amides is 1. The molecule has 3 aromatic rings. The first kappa shape index (κ1) is 33.7. The fraction of sp³-hybridized carbons (Fsp3) is 0.500. The topological polar surface area (TPSA) is 86.9 Å². The lowest BCUT2D eigenvalue weighted by molar-refractivity contribution is 0.0269. The second-order valence-electron chi connectivity index (χ2n) is 14.2. The molecule has 3 aliphatic heterocycles. The molecule has 2 aromatic carbocycles. The molecule has 7 rings (SSSR count). The summed E-state index contributed by atoms with van der Waals surface area (Å²) in [5.41, 5.74) is 8.55. The Morgan fingerprint density at radius 2 is 1.88 bits per heavy atom. The summed E-state index contributed by atoms with van der Waals surface area (Å²) in [6, 6.07) is 10.2. The lowest BCUT2D eigenvalue weighted by Gasteiger charge is -2.36. The summed E-state index contributed by atoms with van der Waals surface area (Å²) >= 11 is 0. The van der Waals surface area contributed by atoms with Crippen LogP contribution in [-0.2, 0) is 35.4 Å². The number of carbonyl (C=O) groups excluding carboxylic acids is 1. The van der Waals surface area contributed by atoms with Gasteiger partial charge in [-0.25, -0.2) is 4.39 Å². The molecule has 0 spiro atoms. The summed E-state index contributed by atoms with van der Waals surface area (Å²) in [6.07, 6.45) is 11.1. The van der Waals surface area contributed by atoms with Crippen molar-refractivity contribution in [3.63, 3.8) is 0 Å². The van der Waals surface area contributed by atoms with Crippen LogP contribution in [0.3, 0.4) is 0 Å². The predicted octanol–water partition coefficient (Wildman–Crippen LogP) is 6.09. The average Bonchev–Trinajstić information content (AvgIpc) is 3.74. The number of nitrogens with one attached hydrogen (secondary N) is 2. The molecule has 3 fully saturated rings. The van der Waals surface area contributed by atoms with E-state index in [1.807, 2.05) is 44.2 Å². The number of carbonyl (C=O) groups is 1. The molecule has 260 valence electrons. The minimum atomic E-state index is -0.218. The van der Waals surface area contributed by atoms with Crippen molar-refractivity contribution >= 4 is 23.7 Å². The number of rotatable bonds is 10. The molecule has 4 aliphatic rings. The SMILES string of the molecule is CCN(c1cc(/C=C/c2ccc(CN3C[C@H]4C[C@@H]3CO4)c(F)c2)cc(C(=O)NCc2c(C)c3c([nH]c2=O)CCCC3)c1C)C1CCOCC1. The van der Waals surface area contributed by atoms with Gasteiger partial charge in [-0.3, -0.25) is 14.5 Å². The fourth-order valence-corrected chi connectivity index (χ4v) is 8.35. The first-order valence-corrected chi connectivity index (χ1v) is 18.1. The van der Waals surface area contributed by atoms with Crippen molar-refractivity contribution in [2.75, 3.05) is 37.8 Å². The standard InChI is InChI=1S/C40H49FN4O4/c1-4-45(30-13-15-48-16-14-30)38-19-28(10-9-27-11-12-29(36(41)18-27)22-44-23-32-20-31(44)24-49-32)17-34(26(38)3)39(46)42-21-35-25(2)33-7-5-6-8-37(33)43-40(35)47/h9-12,17-19,30-32H,4-8,13-16,20-24H2,1-3H3,(H,42,46)(H,43,47)/b10-9+/t31-,32-/m1/s1. The molecule has 1 amide bonds. The molecule has 0 saturated carbocycles. The molecule has 2 bridgehead atoms. The van der Waals surface area contributed by atoms with Gasteiger partial charge in [0, 0.05) is 79.5 Å². The number of anilines is 1. The lowest BCUT2D eigenvalue weighted by atomic mass is 9.90. The van der Waals surface area contributed by atoms with Gasteiger partial charge in [-0.15, -0.1) is 0 Å². The number of likely N-dealkylation sites (tertiary alicyclic amines) is 1. The second-order valence-corrected chi connectivity index (χ2v) is 14.2. The van der Waals surface area contributed by atoms with Crippen molar-refractivity contribution in [1.29, 1.82) is 0 Å². The summed E-state index contributed by atoms with van der Waals surface area (Å²) in [6.45, 7) is 10.7. The summed E-state index contributed by atoms with van der Waals surface area (Å²) in [4.78, 5) is 34.8. The predicted molar refractivity (Wildman–Crippen MR) is 192 cm³/mol. The molecule has 8 nitrogen and oxygen atoms in total. The monoisotopic (exact) mass is 668 g/mol. The van der Waals surface area contributed by atoms with E-state index in [4.69, 9.17) is 9.47 Å². The number of ether oxygens (including phenoxy) is 2. The second kappa shape index (κ2) is 14.6. The highest BCUT2D eigenvalue weighted by Crippen LogP contribution is 2.32. The largest absolute Gasteiger partial charge is 0.381 e. The maximum atomic E-state index is 15.3. The zero-order valence-electron chi connectivity index (χ0n) is 29.1. The van der Waals surface area contributed by atoms with Gasteiger partial charge in [0.05, 0.1) is 12.7 Å². The average molecular weight is 669 g/mol. The lowest BCUT2D eigenvalue weighted by Crippen LogP contribution is -2.40. The number of pyridine rings is 1. The third-order valence-corrected chi connectivity index (χ3v) is 11.2. The van der Waals surface area contributed by atoms with E-state index in [9.17, 15) is 9.59 Å². The number of hydrogen-bond acceptors (Lipinski definition) is 6. The van der Waals surface area contributed by atoms with Crippen LogP contribution < -0.4 is 15.8 Å². The van der Waals surface area contributed by atoms with Crippen LogP contribution in [0.25, 0.3) is 12.2 Å². The number of aromatic amines is 1. The van der Waals surface area contributed by atoms with E-state index in [-0.39, 0.29) is 29.9 Å². The molecule has 3 saturated heterocycles. The van der Waals surface area contributed by atoms with Crippen LogP contribution in [-0.4, -0.2) is 66.9 Å². The highest BCUT2D eigenvalue weighted by molar-refractivity contribution is 5.98. The van der Waals surface area contributed by atoms with Gasteiger partial charge in [0.25, 0.3) is 11.5 Å². The Bertz CT molecular complexity index is 1800. The maximum Gasteiger partial charge on any atom is 0.253 e. The van der Waals surface area contributed by atoms with Gasteiger partial charge in [-0.2, -0.15) is 0 Å². The molecule has 4 heterocycles. The van der Waals surface area contributed by atoms with E-state index < -0.39 is 0 Å². The van der Waals surface area contributed by atoms with Crippen LogP contribution in [0.1, 0.15) is 94.0 Å². The Hall–Kier alpha value is -3.79. The fourth-order valence-electron chi connectivity index (χ4n) is 8.35. The van der Waals surface area contributed by atoms with Crippen molar-refractivity contribution < 1.29 is 18.7 Å². The molecule has 1 aliphatic carbocycles. The Kier molecular flexibility index (Phi) is 10.0. The molecule has 0 unspecified atom stereocenters. The van der Waals surface area contributed by atoms with Crippen LogP contribution in [0, 0.1) is 19.7 Å². The molecule has 0 radical (unpaired) electrons. The molecule has 2 atom stereocenters. The quantitative estimate of drug-likeness (QED) is 0.255. The molecule has 49 heavy (non-hydrogen) atoms. The van der Waals surface area contributed by atoms with E-state index in [0.29, 0.717) is 35.3 Å². The van der Waals surface area contributed by atoms with Gasteiger partial charge in [0.15, 0.2) is 0 Å². The molecular weight excluding hydrogens is 619 g/mol. The number of aromatic nitrogens is 1. The molecular formula is C40H49FN4O4. The van der Waals surface area contributed by atoms with E-state index in [2.05, 4.69) is 33.1 Å².